The van der Waals surface area contributed by atoms with Crippen molar-refractivity contribution in [2.75, 3.05) is 6.61 Å². The van der Waals surface area contributed by atoms with Crippen LogP contribution < -0.4 is 0 Å². The first-order valence-corrected chi connectivity index (χ1v) is 6.57. The molecule has 0 aliphatic carbocycles. The van der Waals surface area contributed by atoms with Crippen LogP contribution in [0.25, 0.3) is 11.1 Å². The number of ether oxygens (including phenoxy) is 1. The Kier molecular flexibility index (Phi) is 4.58. The van der Waals surface area contributed by atoms with E-state index in [1.54, 1.807) is 6.92 Å². The van der Waals surface area contributed by atoms with Gasteiger partial charge in [-0.2, -0.15) is 0 Å². The highest BCUT2D eigenvalue weighted by molar-refractivity contribution is 6.30. The van der Waals surface area contributed by atoms with E-state index < -0.39 is 0 Å². The summed E-state index contributed by atoms with van der Waals surface area (Å²) < 4.78 is 4.92. The first-order valence-electron chi connectivity index (χ1n) is 6.19. The standard InChI is InChI=1S/C16H15ClO2/c1-2-19-16(18)10-12-6-8-13(9-7-12)14-4-3-5-15(17)11-14/h3-9,11H,2,10H2,1H3. The molecule has 0 saturated carbocycles. The maximum Gasteiger partial charge on any atom is 0.310 e. The highest BCUT2D eigenvalue weighted by atomic mass is 35.5. The van der Waals surface area contributed by atoms with Gasteiger partial charge >= 0.3 is 5.97 Å². The van der Waals surface area contributed by atoms with Crippen LogP contribution in [0, 0.1) is 0 Å². The predicted molar refractivity (Wildman–Crippen MR) is 77.2 cm³/mol. The number of hydrogen-bond acceptors (Lipinski definition) is 2. The molecule has 0 heterocycles. The fraction of sp³-hybridized carbons (Fsp3) is 0.188. The van der Waals surface area contributed by atoms with Gasteiger partial charge in [-0.05, 0) is 35.7 Å². The Morgan fingerprint density at radius 2 is 1.84 bits per heavy atom. The number of carbonyl (C=O) groups excluding carboxylic acids is 1. The number of halogens is 1. The Morgan fingerprint density at radius 1 is 1.11 bits per heavy atom. The van der Waals surface area contributed by atoms with Gasteiger partial charge in [-0.25, -0.2) is 0 Å². The molecule has 0 fully saturated rings. The van der Waals surface area contributed by atoms with Crippen molar-refractivity contribution in [2.45, 2.75) is 13.3 Å². The summed E-state index contributed by atoms with van der Waals surface area (Å²) in [6.45, 7) is 2.22. The molecule has 0 atom stereocenters. The summed E-state index contributed by atoms with van der Waals surface area (Å²) in [5, 5.41) is 0.716. The van der Waals surface area contributed by atoms with Gasteiger partial charge in [0, 0.05) is 5.02 Å². The minimum Gasteiger partial charge on any atom is -0.466 e. The van der Waals surface area contributed by atoms with Crippen molar-refractivity contribution >= 4 is 17.6 Å². The average Bonchev–Trinajstić information content (AvgIpc) is 2.40. The number of esters is 1. The lowest BCUT2D eigenvalue weighted by Crippen LogP contribution is -2.07. The highest BCUT2D eigenvalue weighted by Crippen LogP contribution is 2.23. The fourth-order valence-electron chi connectivity index (χ4n) is 1.86. The highest BCUT2D eigenvalue weighted by Gasteiger charge is 2.04. The second-order valence-corrected chi connectivity index (χ2v) is 4.63. The molecule has 0 aromatic heterocycles. The van der Waals surface area contributed by atoms with Crippen molar-refractivity contribution in [3.8, 4) is 11.1 Å². The van der Waals surface area contributed by atoms with E-state index in [0.717, 1.165) is 16.7 Å². The topological polar surface area (TPSA) is 26.3 Å². The van der Waals surface area contributed by atoms with Gasteiger partial charge in [0.15, 0.2) is 0 Å². The lowest BCUT2D eigenvalue weighted by molar-refractivity contribution is -0.142. The van der Waals surface area contributed by atoms with E-state index >= 15 is 0 Å². The quantitative estimate of drug-likeness (QED) is 0.784. The van der Waals surface area contributed by atoms with Gasteiger partial charge in [-0.1, -0.05) is 48.0 Å². The summed E-state index contributed by atoms with van der Waals surface area (Å²) in [6.07, 6.45) is 0.309. The van der Waals surface area contributed by atoms with Crippen LogP contribution in [0.2, 0.25) is 5.02 Å². The molecule has 0 aliphatic rings. The van der Waals surface area contributed by atoms with Crippen molar-refractivity contribution in [1.29, 1.82) is 0 Å². The number of rotatable bonds is 4. The summed E-state index contributed by atoms with van der Waals surface area (Å²) in [5.74, 6) is -0.196. The van der Waals surface area contributed by atoms with Crippen LogP contribution in [0.4, 0.5) is 0 Å². The van der Waals surface area contributed by atoms with Gasteiger partial charge in [0.05, 0.1) is 13.0 Å². The van der Waals surface area contributed by atoms with Crippen molar-refractivity contribution in [3.05, 3.63) is 59.1 Å². The molecule has 0 saturated heterocycles. The molecule has 0 N–H and O–H groups in total. The van der Waals surface area contributed by atoms with Crippen molar-refractivity contribution in [1.82, 2.24) is 0 Å². The number of carbonyl (C=O) groups is 1. The van der Waals surface area contributed by atoms with Crippen LogP contribution >= 0.6 is 11.6 Å². The monoisotopic (exact) mass is 274 g/mol. The maximum atomic E-state index is 11.4. The molecule has 0 amide bonds. The van der Waals surface area contributed by atoms with Gasteiger partial charge in [-0.15, -0.1) is 0 Å². The van der Waals surface area contributed by atoms with E-state index in [-0.39, 0.29) is 5.97 Å². The Hall–Kier alpha value is -1.80. The smallest absolute Gasteiger partial charge is 0.310 e. The zero-order chi connectivity index (χ0) is 13.7. The van der Waals surface area contributed by atoms with Crippen LogP contribution in [-0.4, -0.2) is 12.6 Å². The Labute approximate surface area is 118 Å². The second-order valence-electron chi connectivity index (χ2n) is 4.19. The molecule has 2 aromatic carbocycles. The van der Waals surface area contributed by atoms with Gasteiger partial charge in [-0.3, -0.25) is 4.79 Å². The minimum atomic E-state index is -0.196. The van der Waals surface area contributed by atoms with E-state index in [1.165, 1.54) is 0 Å². The van der Waals surface area contributed by atoms with Gasteiger partial charge < -0.3 is 4.74 Å². The molecule has 2 nitrogen and oxygen atoms in total. The zero-order valence-corrected chi connectivity index (χ0v) is 11.5. The third-order valence-corrected chi connectivity index (χ3v) is 3.00. The molecule has 2 aromatic rings. The van der Waals surface area contributed by atoms with E-state index in [0.29, 0.717) is 18.1 Å². The normalized spacial score (nSPS) is 10.2. The van der Waals surface area contributed by atoms with Crippen LogP contribution in [0.1, 0.15) is 12.5 Å². The lowest BCUT2D eigenvalue weighted by Gasteiger charge is -2.05. The summed E-state index contributed by atoms with van der Waals surface area (Å²) in [7, 11) is 0. The van der Waals surface area contributed by atoms with Gasteiger partial charge in [0.2, 0.25) is 0 Å². The van der Waals surface area contributed by atoms with Crippen LogP contribution in [-0.2, 0) is 16.0 Å². The third kappa shape index (κ3) is 3.83. The third-order valence-electron chi connectivity index (χ3n) is 2.77. The maximum absolute atomic E-state index is 11.4. The van der Waals surface area contributed by atoms with Crippen LogP contribution in [0.5, 0.6) is 0 Å². The van der Waals surface area contributed by atoms with E-state index in [2.05, 4.69) is 0 Å². The van der Waals surface area contributed by atoms with Crippen LogP contribution in [0.15, 0.2) is 48.5 Å². The Morgan fingerprint density at radius 3 is 2.47 bits per heavy atom. The number of hydrogen-bond donors (Lipinski definition) is 0. The summed E-state index contributed by atoms with van der Waals surface area (Å²) in [6, 6.07) is 15.5. The summed E-state index contributed by atoms with van der Waals surface area (Å²) in [5.41, 5.74) is 3.09. The molecule has 0 spiro atoms. The minimum absolute atomic E-state index is 0.196. The summed E-state index contributed by atoms with van der Waals surface area (Å²) in [4.78, 5) is 11.4. The lowest BCUT2D eigenvalue weighted by atomic mass is 10.0. The SMILES string of the molecule is CCOC(=O)Cc1ccc(-c2cccc(Cl)c2)cc1. The molecular formula is C16H15ClO2. The second kappa shape index (κ2) is 6.39. The molecule has 3 heteroatoms. The fourth-order valence-corrected chi connectivity index (χ4v) is 2.05. The van der Waals surface area contributed by atoms with Crippen LogP contribution in [0.3, 0.4) is 0 Å². The van der Waals surface area contributed by atoms with E-state index in [1.807, 2.05) is 48.5 Å². The van der Waals surface area contributed by atoms with E-state index in [4.69, 9.17) is 16.3 Å². The summed E-state index contributed by atoms with van der Waals surface area (Å²) >= 11 is 5.97. The Balaban J connectivity index is 2.12. The first-order chi connectivity index (χ1) is 9.19. The van der Waals surface area contributed by atoms with E-state index in [9.17, 15) is 4.79 Å². The van der Waals surface area contributed by atoms with Crippen molar-refractivity contribution < 1.29 is 9.53 Å². The first kappa shape index (κ1) is 13.6. The van der Waals surface area contributed by atoms with Crippen molar-refractivity contribution in [3.63, 3.8) is 0 Å². The van der Waals surface area contributed by atoms with Gasteiger partial charge in [0.25, 0.3) is 0 Å². The predicted octanol–water partition coefficient (Wildman–Crippen LogP) is 4.11. The molecular weight excluding hydrogens is 260 g/mol. The zero-order valence-electron chi connectivity index (χ0n) is 10.7. The molecule has 98 valence electrons. The molecule has 0 radical (unpaired) electrons. The largest absolute Gasteiger partial charge is 0.466 e. The molecule has 0 aliphatic heterocycles. The van der Waals surface area contributed by atoms with Crippen molar-refractivity contribution in [2.24, 2.45) is 0 Å². The van der Waals surface area contributed by atoms with Gasteiger partial charge in [0.1, 0.15) is 0 Å². The molecule has 19 heavy (non-hydrogen) atoms. The molecule has 2 rings (SSSR count). The molecule has 0 bridgehead atoms. The molecule has 0 unspecified atom stereocenters. The Bertz CT molecular complexity index is 561. The average molecular weight is 275 g/mol. The number of benzene rings is 2.